The number of nitrogens with zero attached hydrogens (tertiary/aromatic N) is 3. The first-order chi connectivity index (χ1) is 12.4. The van der Waals surface area contributed by atoms with E-state index in [1.54, 1.807) is 6.33 Å². The summed E-state index contributed by atoms with van der Waals surface area (Å²) in [5.74, 6) is 0.0954. The lowest BCUT2D eigenvalue weighted by Crippen LogP contribution is -2.16. The molecule has 134 valence electrons. The molecule has 1 heterocycles. The van der Waals surface area contributed by atoms with Crippen molar-refractivity contribution in [2.45, 2.75) is 43.5 Å². The molecule has 26 heavy (non-hydrogen) atoms. The van der Waals surface area contributed by atoms with E-state index in [9.17, 15) is 4.79 Å². The van der Waals surface area contributed by atoms with Crippen LogP contribution in [0.1, 0.15) is 43.6 Å². The van der Waals surface area contributed by atoms with Crippen LogP contribution >= 0.6 is 11.8 Å². The van der Waals surface area contributed by atoms with Crippen molar-refractivity contribution in [1.82, 2.24) is 14.8 Å². The standard InChI is InChI=1S/C21H23N3OS/c1-15(19(25)16-10-12-17(13-11-16)21(2,3)4)26-20-23-22-14-24(20)18-8-6-5-7-9-18/h5-15H,1-4H3. The number of hydrogen-bond acceptors (Lipinski definition) is 4. The van der Waals surface area contributed by atoms with Gasteiger partial charge < -0.3 is 0 Å². The van der Waals surface area contributed by atoms with Crippen LogP contribution in [0.4, 0.5) is 0 Å². The average Bonchev–Trinajstić information content (AvgIpc) is 3.09. The zero-order valence-electron chi connectivity index (χ0n) is 15.5. The van der Waals surface area contributed by atoms with Crippen molar-refractivity contribution >= 4 is 17.5 Å². The van der Waals surface area contributed by atoms with Crippen LogP contribution in [0, 0.1) is 0 Å². The molecule has 0 radical (unpaired) electrons. The first-order valence-corrected chi connectivity index (χ1v) is 9.51. The van der Waals surface area contributed by atoms with E-state index in [1.165, 1.54) is 17.3 Å². The second-order valence-electron chi connectivity index (χ2n) is 7.27. The highest BCUT2D eigenvalue weighted by Crippen LogP contribution is 2.27. The molecule has 5 heteroatoms. The summed E-state index contributed by atoms with van der Waals surface area (Å²) < 4.78 is 1.90. The topological polar surface area (TPSA) is 47.8 Å². The highest BCUT2D eigenvalue weighted by Gasteiger charge is 2.21. The maximum atomic E-state index is 12.8. The Bertz CT molecular complexity index is 880. The summed E-state index contributed by atoms with van der Waals surface area (Å²) in [6.07, 6.45) is 1.67. The van der Waals surface area contributed by atoms with Gasteiger partial charge >= 0.3 is 0 Å². The Hall–Kier alpha value is -2.40. The summed E-state index contributed by atoms with van der Waals surface area (Å²) in [6.45, 7) is 8.41. The van der Waals surface area contributed by atoms with E-state index in [-0.39, 0.29) is 16.4 Å². The van der Waals surface area contributed by atoms with Crippen molar-refractivity contribution in [3.8, 4) is 5.69 Å². The first kappa shape index (κ1) is 18.4. The van der Waals surface area contributed by atoms with E-state index < -0.39 is 0 Å². The highest BCUT2D eigenvalue weighted by molar-refractivity contribution is 8.00. The number of carbonyl (C=O) groups is 1. The number of ketones is 1. The van der Waals surface area contributed by atoms with Gasteiger partial charge in [0.05, 0.1) is 5.25 Å². The van der Waals surface area contributed by atoms with E-state index >= 15 is 0 Å². The van der Waals surface area contributed by atoms with Gasteiger partial charge in [-0.25, -0.2) is 0 Å². The van der Waals surface area contributed by atoms with Gasteiger partial charge in [0.15, 0.2) is 10.9 Å². The lowest BCUT2D eigenvalue weighted by molar-refractivity contribution is 0.0994. The smallest absolute Gasteiger partial charge is 0.196 e. The maximum absolute atomic E-state index is 12.8. The third-order valence-corrected chi connectivity index (χ3v) is 5.29. The SMILES string of the molecule is CC(Sc1nncn1-c1ccccc1)C(=O)c1ccc(C(C)(C)C)cc1. The number of Topliss-reactive ketones (excluding diaryl/α,β-unsaturated/α-hetero) is 1. The number of para-hydroxylation sites is 1. The van der Waals surface area contributed by atoms with Crippen LogP contribution in [0.5, 0.6) is 0 Å². The van der Waals surface area contributed by atoms with E-state index in [1.807, 2.05) is 66.1 Å². The minimum absolute atomic E-state index is 0.0774. The van der Waals surface area contributed by atoms with E-state index in [0.717, 1.165) is 11.3 Å². The summed E-state index contributed by atoms with van der Waals surface area (Å²) >= 11 is 1.42. The molecule has 0 amide bonds. The molecule has 0 aliphatic carbocycles. The lowest BCUT2D eigenvalue weighted by Gasteiger charge is -2.19. The molecule has 0 saturated heterocycles. The molecular formula is C21H23N3OS. The Morgan fingerprint density at radius 3 is 2.31 bits per heavy atom. The van der Waals surface area contributed by atoms with E-state index in [0.29, 0.717) is 5.16 Å². The summed E-state index contributed by atoms with van der Waals surface area (Å²) in [6, 6.07) is 17.8. The normalized spacial score (nSPS) is 12.8. The predicted molar refractivity (Wildman–Crippen MR) is 106 cm³/mol. The van der Waals surface area contributed by atoms with Crippen LogP contribution in [-0.2, 0) is 5.41 Å². The van der Waals surface area contributed by atoms with Gasteiger partial charge in [-0.1, -0.05) is 75.0 Å². The molecule has 0 aliphatic rings. The van der Waals surface area contributed by atoms with Crippen LogP contribution in [0.25, 0.3) is 5.69 Å². The predicted octanol–water partition coefficient (Wildman–Crippen LogP) is 4.93. The number of aromatic nitrogens is 3. The first-order valence-electron chi connectivity index (χ1n) is 8.63. The highest BCUT2D eigenvalue weighted by atomic mass is 32.2. The molecule has 0 aliphatic heterocycles. The summed E-state index contributed by atoms with van der Waals surface area (Å²) in [7, 11) is 0. The lowest BCUT2D eigenvalue weighted by atomic mass is 9.86. The van der Waals surface area contributed by atoms with Crippen molar-refractivity contribution in [3.63, 3.8) is 0 Å². The Kier molecular flexibility index (Phi) is 5.28. The van der Waals surface area contributed by atoms with Crippen LogP contribution in [0.3, 0.4) is 0 Å². The van der Waals surface area contributed by atoms with Crippen molar-refractivity contribution < 1.29 is 4.79 Å². The van der Waals surface area contributed by atoms with Crippen LogP contribution in [0.15, 0.2) is 66.1 Å². The third-order valence-electron chi connectivity index (χ3n) is 4.24. The fraction of sp³-hybridized carbons (Fsp3) is 0.286. The van der Waals surface area contributed by atoms with Gasteiger partial charge in [-0.05, 0) is 30.0 Å². The number of carbonyl (C=O) groups excluding carboxylic acids is 1. The van der Waals surface area contributed by atoms with Gasteiger partial charge in [-0.15, -0.1) is 10.2 Å². The minimum Gasteiger partial charge on any atom is -0.293 e. The van der Waals surface area contributed by atoms with Crippen LogP contribution in [0.2, 0.25) is 0 Å². The molecule has 0 N–H and O–H groups in total. The molecule has 3 aromatic rings. The fourth-order valence-corrected chi connectivity index (χ4v) is 3.57. The number of hydrogen-bond donors (Lipinski definition) is 0. The minimum atomic E-state index is -0.248. The van der Waals surface area contributed by atoms with Gasteiger partial charge in [0.1, 0.15) is 6.33 Å². The summed E-state index contributed by atoms with van der Waals surface area (Å²) in [4.78, 5) is 12.8. The van der Waals surface area contributed by atoms with Gasteiger partial charge in [0, 0.05) is 11.3 Å². The van der Waals surface area contributed by atoms with Crippen LogP contribution in [-0.4, -0.2) is 25.8 Å². The van der Waals surface area contributed by atoms with Crippen molar-refractivity contribution in [3.05, 3.63) is 72.1 Å². The zero-order valence-corrected chi connectivity index (χ0v) is 16.3. The summed E-state index contributed by atoms with van der Waals surface area (Å²) in [5.41, 5.74) is 3.00. The third kappa shape index (κ3) is 4.05. The molecule has 1 unspecified atom stereocenters. The summed E-state index contributed by atoms with van der Waals surface area (Å²) in [5, 5.41) is 8.65. The van der Waals surface area contributed by atoms with Gasteiger partial charge in [0.2, 0.25) is 0 Å². The molecule has 0 saturated carbocycles. The van der Waals surface area contributed by atoms with Gasteiger partial charge in [-0.2, -0.15) is 0 Å². The van der Waals surface area contributed by atoms with Crippen LogP contribution < -0.4 is 0 Å². The molecule has 0 spiro atoms. The molecule has 1 aromatic heterocycles. The zero-order chi connectivity index (χ0) is 18.7. The number of benzene rings is 2. The van der Waals surface area contributed by atoms with E-state index in [4.69, 9.17) is 0 Å². The van der Waals surface area contributed by atoms with E-state index in [2.05, 4.69) is 31.0 Å². The molecule has 1 atom stereocenters. The Balaban J connectivity index is 1.76. The Morgan fingerprint density at radius 2 is 1.69 bits per heavy atom. The molecule has 2 aromatic carbocycles. The monoisotopic (exact) mass is 365 g/mol. The second-order valence-corrected chi connectivity index (χ2v) is 8.58. The molecule has 4 nitrogen and oxygen atoms in total. The molecule has 0 fully saturated rings. The fourth-order valence-electron chi connectivity index (χ4n) is 2.65. The van der Waals surface area contributed by atoms with Crippen molar-refractivity contribution in [2.75, 3.05) is 0 Å². The molecular weight excluding hydrogens is 342 g/mol. The number of thioether (sulfide) groups is 1. The second kappa shape index (κ2) is 7.46. The quantitative estimate of drug-likeness (QED) is 0.475. The van der Waals surface area contributed by atoms with Crippen molar-refractivity contribution in [1.29, 1.82) is 0 Å². The number of rotatable bonds is 5. The molecule has 0 bridgehead atoms. The Morgan fingerprint density at radius 1 is 1.04 bits per heavy atom. The largest absolute Gasteiger partial charge is 0.293 e. The molecule has 3 rings (SSSR count). The Labute approximate surface area is 158 Å². The van der Waals surface area contributed by atoms with Gasteiger partial charge in [0.25, 0.3) is 0 Å². The average molecular weight is 366 g/mol. The van der Waals surface area contributed by atoms with Crippen molar-refractivity contribution in [2.24, 2.45) is 0 Å². The van der Waals surface area contributed by atoms with Gasteiger partial charge in [-0.3, -0.25) is 9.36 Å². The maximum Gasteiger partial charge on any atom is 0.196 e.